The Hall–Kier alpha value is -1.03. The molecule has 0 spiro atoms. The number of rotatable bonds is 7. The summed E-state index contributed by atoms with van der Waals surface area (Å²) in [6, 6.07) is 0. The van der Waals surface area contributed by atoms with Crippen LogP contribution in [-0.4, -0.2) is 44.7 Å². The minimum atomic E-state index is -3.79. The third-order valence-corrected chi connectivity index (χ3v) is 5.19. The molecular formula is C10H16N2O5S2. The number of carbonyl (C=O) groups excluding carboxylic acids is 1. The van der Waals surface area contributed by atoms with Gasteiger partial charge in [-0.3, -0.25) is 0 Å². The van der Waals surface area contributed by atoms with Gasteiger partial charge < -0.3 is 9.84 Å². The topological polar surface area (TPSA) is 106 Å². The Morgan fingerprint density at radius 3 is 2.89 bits per heavy atom. The molecule has 19 heavy (non-hydrogen) atoms. The first kappa shape index (κ1) is 16.0. The van der Waals surface area contributed by atoms with Crippen LogP contribution < -0.4 is 4.72 Å². The molecule has 0 amide bonds. The number of hydrogen-bond acceptors (Lipinski definition) is 7. The number of nitrogens with one attached hydrogen (secondary N) is 1. The van der Waals surface area contributed by atoms with E-state index in [-0.39, 0.29) is 29.0 Å². The van der Waals surface area contributed by atoms with E-state index in [9.17, 15) is 13.2 Å². The van der Waals surface area contributed by atoms with E-state index >= 15 is 0 Å². The number of aliphatic hydroxyl groups is 1. The van der Waals surface area contributed by atoms with Crippen molar-refractivity contribution in [3.63, 3.8) is 0 Å². The number of methoxy groups -OCH3 is 1. The van der Waals surface area contributed by atoms with Gasteiger partial charge in [-0.2, -0.15) is 0 Å². The number of thiazole rings is 1. The normalized spacial score (nSPS) is 13.2. The van der Waals surface area contributed by atoms with E-state index in [4.69, 9.17) is 5.11 Å². The number of sulfonamides is 1. The molecule has 0 aromatic carbocycles. The van der Waals surface area contributed by atoms with Gasteiger partial charge in [0.05, 0.1) is 12.6 Å². The minimum Gasteiger partial charge on any atom is -0.464 e. The third-order valence-electron chi connectivity index (χ3n) is 2.40. The van der Waals surface area contributed by atoms with Crippen LogP contribution in [-0.2, 0) is 14.8 Å². The van der Waals surface area contributed by atoms with Crippen molar-refractivity contribution in [1.82, 2.24) is 9.71 Å². The van der Waals surface area contributed by atoms with Gasteiger partial charge >= 0.3 is 5.97 Å². The molecule has 1 rings (SSSR count). The summed E-state index contributed by atoms with van der Waals surface area (Å²) in [4.78, 5) is 15.1. The molecule has 0 bridgehead atoms. The molecular weight excluding hydrogens is 292 g/mol. The fourth-order valence-corrected chi connectivity index (χ4v) is 3.64. The SMILES string of the molecule is COC(=O)c1ncsc1S(=O)(=O)NCC(C)CCO. The Morgan fingerprint density at radius 1 is 1.63 bits per heavy atom. The Balaban J connectivity index is 2.83. The lowest BCUT2D eigenvalue weighted by Crippen LogP contribution is -2.29. The molecule has 0 aliphatic heterocycles. The highest BCUT2D eigenvalue weighted by Crippen LogP contribution is 2.20. The van der Waals surface area contributed by atoms with Gasteiger partial charge in [-0.25, -0.2) is 22.9 Å². The lowest BCUT2D eigenvalue weighted by atomic mass is 10.1. The zero-order chi connectivity index (χ0) is 14.5. The molecule has 0 aliphatic carbocycles. The number of aromatic nitrogens is 1. The van der Waals surface area contributed by atoms with Gasteiger partial charge in [-0.15, -0.1) is 11.3 Å². The molecule has 9 heteroatoms. The van der Waals surface area contributed by atoms with Crippen LogP contribution in [0.15, 0.2) is 9.72 Å². The largest absolute Gasteiger partial charge is 0.464 e. The van der Waals surface area contributed by atoms with Crippen LogP contribution >= 0.6 is 11.3 Å². The summed E-state index contributed by atoms with van der Waals surface area (Å²) in [5, 5.41) is 8.75. The average molecular weight is 308 g/mol. The number of hydrogen-bond donors (Lipinski definition) is 2. The van der Waals surface area contributed by atoms with Crippen molar-refractivity contribution in [2.75, 3.05) is 20.3 Å². The fraction of sp³-hybridized carbons (Fsp3) is 0.600. The van der Waals surface area contributed by atoms with Crippen LogP contribution in [0.4, 0.5) is 0 Å². The summed E-state index contributed by atoms with van der Waals surface area (Å²) in [6.07, 6.45) is 0.495. The molecule has 1 aromatic heterocycles. The van der Waals surface area contributed by atoms with Crippen molar-refractivity contribution in [3.05, 3.63) is 11.2 Å². The Kier molecular flexibility index (Phi) is 5.85. The standard InChI is InChI=1S/C10H16N2O5S2/c1-7(3-4-13)5-12-19(15,16)10-8(9(14)17-2)11-6-18-10/h6-7,12-13H,3-5H2,1-2H3. The molecule has 108 valence electrons. The summed E-state index contributed by atoms with van der Waals surface area (Å²) < 4.78 is 30.8. The summed E-state index contributed by atoms with van der Waals surface area (Å²) in [7, 11) is -2.63. The highest BCUT2D eigenvalue weighted by Gasteiger charge is 2.26. The molecule has 0 saturated heterocycles. The van der Waals surface area contributed by atoms with Crippen LogP contribution in [0.25, 0.3) is 0 Å². The third kappa shape index (κ3) is 4.23. The van der Waals surface area contributed by atoms with Crippen molar-refractivity contribution >= 4 is 27.3 Å². The molecule has 2 N–H and O–H groups in total. The van der Waals surface area contributed by atoms with Gasteiger partial charge in [0.15, 0.2) is 9.90 Å². The second-order valence-electron chi connectivity index (χ2n) is 3.95. The Morgan fingerprint density at radius 2 is 2.32 bits per heavy atom. The number of esters is 1. The molecule has 0 fully saturated rings. The first-order valence-corrected chi connectivity index (χ1v) is 7.91. The number of ether oxygens (including phenoxy) is 1. The number of nitrogens with zero attached hydrogens (tertiary/aromatic N) is 1. The van der Waals surface area contributed by atoms with Crippen molar-refractivity contribution in [2.45, 2.75) is 17.6 Å². The highest BCUT2D eigenvalue weighted by molar-refractivity contribution is 7.91. The van der Waals surface area contributed by atoms with Crippen LogP contribution in [0, 0.1) is 5.92 Å². The molecule has 1 unspecified atom stereocenters. The molecule has 0 radical (unpaired) electrons. The summed E-state index contributed by atoms with van der Waals surface area (Å²) in [5.74, 6) is -0.792. The van der Waals surface area contributed by atoms with Crippen LogP contribution in [0.2, 0.25) is 0 Å². The summed E-state index contributed by atoms with van der Waals surface area (Å²) in [5.41, 5.74) is 1.06. The van der Waals surface area contributed by atoms with Crippen molar-refractivity contribution in [3.8, 4) is 0 Å². The van der Waals surface area contributed by atoms with Gasteiger partial charge in [0.25, 0.3) is 10.0 Å². The van der Waals surface area contributed by atoms with Crippen molar-refractivity contribution in [1.29, 1.82) is 0 Å². The maximum absolute atomic E-state index is 12.0. The zero-order valence-corrected chi connectivity index (χ0v) is 12.3. The molecule has 1 atom stereocenters. The van der Waals surface area contributed by atoms with E-state index in [0.717, 1.165) is 18.4 Å². The van der Waals surface area contributed by atoms with E-state index < -0.39 is 16.0 Å². The predicted molar refractivity (Wildman–Crippen MR) is 69.5 cm³/mol. The van der Waals surface area contributed by atoms with Gasteiger partial charge in [0.1, 0.15) is 0 Å². The second kappa shape index (κ2) is 6.94. The van der Waals surface area contributed by atoms with Crippen LogP contribution in [0.5, 0.6) is 0 Å². The quantitative estimate of drug-likeness (QED) is 0.698. The number of carbonyl (C=O) groups is 1. The maximum atomic E-state index is 12.0. The number of aliphatic hydroxyl groups excluding tert-OH is 1. The van der Waals surface area contributed by atoms with E-state index in [1.54, 1.807) is 0 Å². The van der Waals surface area contributed by atoms with Crippen LogP contribution in [0.1, 0.15) is 23.8 Å². The molecule has 7 nitrogen and oxygen atoms in total. The summed E-state index contributed by atoms with van der Waals surface area (Å²) in [6.45, 7) is 1.99. The zero-order valence-electron chi connectivity index (χ0n) is 10.6. The van der Waals surface area contributed by atoms with Gasteiger partial charge in [0.2, 0.25) is 0 Å². The van der Waals surface area contributed by atoms with E-state index in [1.807, 2.05) is 6.92 Å². The average Bonchev–Trinajstić information content (AvgIpc) is 2.86. The van der Waals surface area contributed by atoms with Gasteiger partial charge in [-0.1, -0.05) is 6.92 Å². The maximum Gasteiger partial charge on any atom is 0.358 e. The predicted octanol–water partition coefficient (Wildman–Crippen LogP) is 0.227. The molecule has 1 aromatic rings. The smallest absolute Gasteiger partial charge is 0.358 e. The highest BCUT2D eigenvalue weighted by atomic mass is 32.2. The first-order chi connectivity index (χ1) is 8.92. The molecule has 0 saturated carbocycles. The van der Waals surface area contributed by atoms with E-state index in [1.165, 1.54) is 5.51 Å². The van der Waals surface area contributed by atoms with Crippen LogP contribution in [0.3, 0.4) is 0 Å². The molecule has 0 aliphatic rings. The lowest BCUT2D eigenvalue weighted by Gasteiger charge is -2.11. The van der Waals surface area contributed by atoms with Crippen molar-refractivity contribution in [2.24, 2.45) is 5.92 Å². The fourth-order valence-electron chi connectivity index (χ4n) is 1.30. The minimum absolute atomic E-state index is 0.00311. The van der Waals surface area contributed by atoms with Gasteiger partial charge in [-0.05, 0) is 12.3 Å². The van der Waals surface area contributed by atoms with Crippen molar-refractivity contribution < 1.29 is 23.1 Å². The van der Waals surface area contributed by atoms with E-state index in [2.05, 4.69) is 14.4 Å². The summed E-state index contributed by atoms with van der Waals surface area (Å²) >= 11 is 0.853. The second-order valence-corrected chi connectivity index (χ2v) is 6.77. The molecule has 1 heterocycles. The van der Waals surface area contributed by atoms with E-state index in [0.29, 0.717) is 6.42 Å². The van der Waals surface area contributed by atoms with Gasteiger partial charge in [0, 0.05) is 13.2 Å². The lowest BCUT2D eigenvalue weighted by molar-refractivity contribution is 0.0590. The first-order valence-electron chi connectivity index (χ1n) is 5.54. The monoisotopic (exact) mass is 308 g/mol. The Labute approximate surface area is 115 Å². The Bertz CT molecular complexity index is 526.